The SMILES string of the molecule is CC.CN.Sc1ccc2cccnc2c1. The van der Waals surface area contributed by atoms with E-state index in [0.29, 0.717) is 0 Å². The Balaban J connectivity index is 0.000000442. The van der Waals surface area contributed by atoms with E-state index in [1.54, 1.807) is 6.20 Å². The number of thiol groups is 1. The van der Waals surface area contributed by atoms with Crippen LogP contribution in [0, 0.1) is 0 Å². The Morgan fingerprint density at radius 3 is 2.47 bits per heavy atom. The fourth-order valence-electron chi connectivity index (χ4n) is 1.05. The molecule has 3 heteroatoms. The minimum Gasteiger partial charge on any atom is -0.333 e. The van der Waals surface area contributed by atoms with Gasteiger partial charge >= 0.3 is 0 Å². The average Bonchev–Trinajstić information content (AvgIpc) is 2.34. The minimum atomic E-state index is 0.955. The van der Waals surface area contributed by atoms with Gasteiger partial charge in [0.05, 0.1) is 5.52 Å². The zero-order valence-electron chi connectivity index (χ0n) is 9.44. The van der Waals surface area contributed by atoms with Crippen molar-refractivity contribution in [2.24, 2.45) is 5.73 Å². The summed E-state index contributed by atoms with van der Waals surface area (Å²) >= 11 is 4.22. The number of fused-ring (bicyclic) bond motifs is 1. The van der Waals surface area contributed by atoms with Crippen LogP contribution in [0.15, 0.2) is 41.4 Å². The van der Waals surface area contributed by atoms with Gasteiger partial charge in [-0.05, 0) is 25.2 Å². The molecule has 1 aromatic heterocycles. The molecular formula is C12H18N2S. The third kappa shape index (κ3) is 4.32. The zero-order valence-corrected chi connectivity index (χ0v) is 10.3. The number of hydrogen-bond donors (Lipinski definition) is 2. The monoisotopic (exact) mass is 222 g/mol. The van der Waals surface area contributed by atoms with Crippen molar-refractivity contribution in [2.75, 3.05) is 7.05 Å². The number of nitrogens with two attached hydrogens (primary N) is 1. The first-order valence-corrected chi connectivity index (χ1v) is 5.42. The highest BCUT2D eigenvalue weighted by Gasteiger charge is 1.91. The van der Waals surface area contributed by atoms with Gasteiger partial charge in [0.1, 0.15) is 0 Å². The van der Waals surface area contributed by atoms with Crippen LogP contribution >= 0.6 is 12.6 Å². The molecule has 2 N–H and O–H groups in total. The van der Waals surface area contributed by atoms with Gasteiger partial charge < -0.3 is 5.73 Å². The molecule has 0 atom stereocenters. The Morgan fingerprint density at radius 1 is 1.13 bits per heavy atom. The summed E-state index contributed by atoms with van der Waals surface area (Å²) in [6.07, 6.45) is 1.79. The maximum Gasteiger partial charge on any atom is 0.0712 e. The molecule has 1 aromatic carbocycles. The van der Waals surface area contributed by atoms with Gasteiger partial charge in [-0.1, -0.05) is 26.0 Å². The Bertz CT molecular complexity index is 388. The van der Waals surface area contributed by atoms with E-state index in [2.05, 4.69) is 23.3 Å². The summed E-state index contributed by atoms with van der Waals surface area (Å²) in [5.74, 6) is 0. The summed E-state index contributed by atoms with van der Waals surface area (Å²) in [6, 6.07) is 9.91. The Labute approximate surface area is 96.9 Å². The predicted octanol–water partition coefficient (Wildman–Crippen LogP) is 3.12. The lowest BCUT2D eigenvalue weighted by Crippen LogP contribution is -1.75. The number of aromatic nitrogens is 1. The van der Waals surface area contributed by atoms with Gasteiger partial charge in [0, 0.05) is 16.5 Å². The van der Waals surface area contributed by atoms with Crippen LogP contribution in [-0.4, -0.2) is 12.0 Å². The average molecular weight is 222 g/mol. The number of rotatable bonds is 0. The van der Waals surface area contributed by atoms with E-state index in [9.17, 15) is 0 Å². The first-order chi connectivity index (χ1) is 7.36. The maximum absolute atomic E-state index is 4.50. The van der Waals surface area contributed by atoms with Crippen molar-refractivity contribution in [3.63, 3.8) is 0 Å². The molecule has 0 bridgehead atoms. The van der Waals surface area contributed by atoms with Crippen molar-refractivity contribution in [1.82, 2.24) is 4.98 Å². The van der Waals surface area contributed by atoms with Gasteiger partial charge in [-0.15, -0.1) is 12.6 Å². The standard InChI is InChI=1S/C9H7NS.C2H6.CH5N/c11-8-4-3-7-2-1-5-10-9(7)6-8;2*1-2/h1-6,11H;1-2H3;2H2,1H3. The fraction of sp³-hybridized carbons (Fsp3) is 0.250. The Kier molecular flexibility index (Phi) is 7.68. The normalized spacial score (nSPS) is 8.33. The van der Waals surface area contributed by atoms with Crippen LogP contribution in [-0.2, 0) is 0 Å². The molecule has 0 aliphatic carbocycles. The fourth-order valence-corrected chi connectivity index (χ4v) is 1.25. The largest absolute Gasteiger partial charge is 0.333 e. The van der Waals surface area contributed by atoms with Crippen LogP contribution in [0.3, 0.4) is 0 Å². The van der Waals surface area contributed by atoms with Crippen molar-refractivity contribution in [3.05, 3.63) is 36.5 Å². The minimum absolute atomic E-state index is 0.955. The number of benzene rings is 1. The van der Waals surface area contributed by atoms with Crippen molar-refractivity contribution in [1.29, 1.82) is 0 Å². The quantitative estimate of drug-likeness (QED) is 0.672. The van der Waals surface area contributed by atoms with E-state index in [1.807, 2.05) is 44.2 Å². The summed E-state index contributed by atoms with van der Waals surface area (Å²) in [6.45, 7) is 4.00. The van der Waals surface area contributed by atoms with E-state index in [1.165, 1.54) is 7.05 Å². The lowest BCUT2D eigenvalue weighted by atomic mass is 10.2. The molecule has 0 radical (unpaired) electrons. The lowest BCUT2D eigenvalue weighted by Gasteiger charge is -1.95. The molecule has 2 rings (SSSR count). The molecule has 0 saturated carbocycles. The first kappa shape index (κ1) is 13.9. The zero-order chi connectivity index (χ0) is 11.7. The first-order valence-electron chi connectivity index (χ1n) is 4.98. The summed E-state index contributed by atoms with van der Waals surface area (Å²) in [4.78, 5) is 5.15. The molecule has 0 unspecified atom stereocenters. The van der Waals surface area contributed by atoms with E-state index in [-0.39, 0.29) is 0 Å². The molecule has 1 heterocycles. The van der Waals surface area contributed by atoms with Gasteiger partial charge in [-0.2, -0.15) is 0 Å². The van der Waals surface area contributed by atoms with E-state index >= 15 is 0 Å². The topological polar surface area (TPSA) is 38.9 Å². The van der Waals surface area contributed by atoms with Gasteiger partial charge in [0.25, 0.3) is 0 Å². The second-order valence-electron chi connectivity index (χ2n) is 2.38. The van der Waals surface area contributed by atoms with Crippen LogP contribution in [0.5, 0.6) is 0 Å². The molecule has 0 aliphatic heterocycles. The summed E-state index contributed by atoms with van der Waals surface area (Å²) in [5, 5.41) is 1.16. The molecular weight excluding hydrogens is 204 g/mol. The highest BCUT2D eigenvalue weighted by atomic mass is 32.1. The van der Waals surface area contributed by atoms with Crippen molar-refractivity contribution in [2.45, 2.75) is 18.7 Å². The molecule has 2 aromatic rings. The van der Waals surface area contributed by atoms with Crippen LogP contribution in [0.25, 0.3) is 10.9 Å². The van der Waals surface area contributed by atoms with E-state index < -0.39 is 0 Å². The lowest BCUT2D eigenvalue weighted by molar-refractivity contribution is 1.38. The van der Waals surface area contributed by atoms with Crippen molar-refractivity contribution in [3.8, 4) is 0 Å². The van der Waals surface area contributed by atoms with Crippen molar-refractivity contribution < 1.29 is 0 Å². The molecule has 0 amide bonds. The second-order valence-corrected chi connectivity index (χ2v) is 2.90. The third-order valence-corrected chi connectivity index (χ3v) is 1.87. The molecule has 0 aliphatic rings. The molecule has 15 heavy (non-hydrogen) atoms. The molecule has 0 fully saturated rings. The molecule has 2 nitrogen and oxygen atoms in total. The third-order valence-electron chi connectivity index (χ3n) is 1.59. The van der Waals surface area contributed by atoms with Gasteiger partial charge in [0.2, 0.25) is 0 Å². The van der Waals surface area contributed by atoms with Crippen LogP contribution < -0.4 is 5.73 Å². The van der Waals surface area contributed by atoms with Crippen LogP contribution in [0.2, 0.25) is 0 Å². The van der Waals surface area contributed by atoms with Crippen LogP contribution in [0.1, 0.15) is 13.8 Å². The van der Waals surface area contributed by atoms with E-state index in [0.717, 1.165) is 15.8 Å². The Hall–Kier alpha value is -1.06. The van der Waals surface area contributed by atoms with Crippen molar-refractivity contribution >= 4 is 23.5 Å². The van der Waals surface area contributed by atoms with Gasteiger partial charge in [-0.25, -0.2) is 0 Å². The number of pyridine rings is 1. The summed E-state index contributed by atoms with van der Waals surface area (Å²) in [7, 11) is 1.50. The number of nitrogens with zero attached hydrogens (tertiary/aromatic N) is 1. The molecule has 82 valence electrons. The van der Waals surface area contributed by atoms with Crippen LogP contribution in [0.4, 0.5) is 0 Å². The highest BCUT2D eigenvalue weighted by molar-refractivity contribution is 7.80. The van der Waals surface area contributed by atoms with Gasteiger partial charge in [-0.3, -0.25) is 4.98 Å². The number of hydrogen-bond acceptors (Lipinski definition) is 3. The van der Waals surface area contributed by atoms with Gasteiger partial charge in [0.15, 0.2) is 0 Å². The second kappa shape index (κ2) is 8.26. The molecule has 0 saturated heterocycles. The molecule has 0 spiro atoms. The van der Waals surface area contributed by atoms with E-state index in [4.69, 9.17) is 0 Å². The highest BCUT2D eigenvalue weighted by Crippen LogP contribution is 2.14. The smallest absolute Gasteiger partial charge is 0.0712 e. The predicted molar refractivity (Wildman–Crippen MR) is 70.5 cm³/mol. The summed E-state index contributed by atoms with van der Waals surface area (Å²) in [5.41, 5.74) is 5.50. The maximum atomic E-state index is 4.50. The summed E-state index contributed by atoms with van der Waals surface area (Å²) < 4.78 is 0. The Morgan fingerprint density at radius 2 is 1.80 bits per heavy atom.